The Labute approximate surface area is 130 Å². The third-order valence-corrected chi connectivity index (χ3v) is 3.50. The van der Waals surface area contributed by atoms with E-state index in [2.05, 4.69) is 6.92 Å². The lowest BCUT2D eigenvalue weighted by Crippen LogP contribution is -2.43. The van der Waals surface area contributed by atoms with Gasteiger partial charge >= 0.3 is 17.9 Å². The second-order valence-corrected chi connectivity index (χ2v) is 5.44. The number of likely N-dealkylation sites (tertiary alicyclic amines) is 1. The lowest BCUT2D eigenvalue weighted by Gasteiger charge is -2.27. The molecule has 1 aliphatic heterocycles. The van der Waals surface area contributed by atoms with Crippen LogP contribution in [0.1, 0.15) is 40.5 Å². The van der Waals surface area contributed by atoms with Crippen molar-refractivity contribution in [3.05, 3.63) is 0 Å². The summed E-state index contributed by atoms with van der Waals surface area (Å²) >= 11 is 0. The second-order valence-electron chi connectivity index (χ2n) is 5.44. The summed E-state index contributed by atoms with van der Waals surface area (Å²) in [5.74, 6) is -1.27. The zero-order valence-corrected chi connectivity index (χ0v) is 13.7. The van der Waals surface area contributed by atoms with Crippen molar-refractivity contribution >= 4 is 17.9 Å². The first-order valence-electron chi connectivity index (χ1n) is 7.57. The van der Waals surface area contributed by atoms with E-state index in [-0.39, 0.29) is 12.6 Å². The van der Waals surface area contributed by atoms with Crippen LogP contribution in [0.15, 0.2) is 0 Å². The predicted octanol–water partition coefficient (Wildman–Crippen LogP) is 0.897. The minimum atomic E-state index is -0.627. The van der Waals surface area contributed by atoms with Crippen LogP contribution in [0.4, 0.5) is 0 Å². The fourth-order valence-corrected chi connectivity index (χ4v) is 2.61. The summed E-state index contributed by atoms with van der Waals surface area (Å²) in [7, 11) is 0. The van der Waals surface area contributed by atoms with Crippen molar-refractivity contribution in [2.24, 2.45) is 0 Å². The van der Waals surface area contributed by atoms with E-state index in [1.807, 2.05) is 4.90 Å². The molecule has 7 heteroatoms. The Morgan fingerprint density at radius 1 is 1.05 bits per heavy atom. The summed E-state index contributed by atoms with van der Waals surface area (Å²) in [6.07, 6.45) is 0.792. The average Bonchev–Trinajstić information content (AvgIpc) is 2.70. The summed E-state index contributed by atoms with van der Waals surface area (Å²) < 4.78 is 15.7. The van der Waals surface area contributed by atoms with E-state index >= 15 is 0 Å². The van der Waals surface area contributed by atoms with Gasteiger partial charge in [-0.1, -0.05) is 13.3 Å². The third kappa shape index (κ3) is 5.63. The van der Waals surface area contributed by atoms with Crippen molar-refractivity contribution < 1.29 is 28.6 Å². The SMILES string of the molecule is CCCCN1C[C@H](OC(C)=O)[C@H](OC(C)=O)[C@H]1COC(C)=O. The maximum absolute atomic E-state index is 11.3. The maximum Gasteiger partial charge on any atom is 0.303 e. The molecule has 0 aromatic carbocycles. The number of esters is 3. The zero-order valence-electron chi connectivity index (χ0n) is 13.7. The Balaban J connectivity index is 2.88. The first kappa shape index (κ1) is 18.4. The highest BCUT2D eigenvalue weighted by molar-refractivity contribution is 5.68. The molecule has 1 heterocycles. The second kappa shape index (κ2) is 8.73. The number of carbonyl (C=O) groups excluding carboxylic acids is 3. The van der Waals surface area contributed by atoms with E-state index in [9.17, 15) is 14.4 Å². The van der Waals surface area contributed by atoms with Crippen LogP contribution in [0, 0.1) is 0 Å². The van der Waals surface area contributed by atoms with Gasteiger partial charge in [0.1, 0.15) is 6.61 Å². The molecule has 7 nitrogen and oxygen atoms in total. The molecular formula is C15H25NO6. The van der Waals surface area contributed by atoms with Crippen LogP contribution in [-0.2, 0) is 28.6 Å². The summed E-state index contributed by atoms with van der Waals surface area (Å²) in [4.78, 5) is 35.7. The van der Waals surface area contributed by atoms with Crippen LogP contribution in [0.3, 0.4) is 0 Å². The molecule has 3 atom stereocenters. The molecule has 22 heavy (non-hydrogen) atoms. The number of carbonyl (C=O) groups is 3. The smallest absolute Gasteiger partial charge is 0.303 e. The number of rotatable bonds is 7. The molecule has 126 valence electrons. The minimum absolute atomic E-state index is 0.106. The standard InChI is InChI=1S/C15H25NO6/c1-5-6-7-16-8-14(21-11(3)18)15(22-12(4)19)13(16)9-20-10(2)17/h13-15H,5-9H2,1-4H3/t13-,14+,15-/m1/s1. The summed E-state index contributed by atoms with van der Waals surface area (Å²) in [6, 6.07) is -0.302. The average molecular weight is 315 g/mol. The Hall–Kier alpha value is -1.63. The molecule has 0 aliphatic carbocycles. The third-order valence-electron chi connectivity index (χ3n) is 3.50. The van der Waals surface area contributed by atoms with E-state index in [4.69, 9.17) is 14.2 Å². The van der Waals surface area contributed by atoms with Crippen LogP contribution in [0.2, 0.25) is 0 Å². The molecule has 0 N–H and O–H groups in total. The van der Waals surface area contributed by atoms with Gasteiger partial charge in [-0.2, -0.15) is 0 Å². The normalized spacial score (nSPS) is 24.8. The van der Waals surface area contributed by atoms with Gasteiger partial charge < -0.3 is 14.2 Å². The maximum atomic E-state index is 11.3. The van der Waals surface area contributed by atoms with Gasteiger partial charge in [-0.25, -0.2) is 0 Å². The van der Waals surface area contributed by atoms with E-state index in [0.29, 0.717) is 6.54 Å². The highest BCUT2D eigenvalue weighted by atomic mass is 16.6. The van der Waals surface area contributed by atoms with Gasteiger partial charge in [-0.05, 0) is 13.0 Å². The van der Waals surface area contributed by atoms with Gasteiger partial charge in [-0.3, -0.25) is 19.3 Å². The summed E-state index contributed by atoms with van der Waals surface area (Å²) in [5.41, 5.74) is 0. The van der Waals surface area contributed by atoms with E-state index in [0.717, 1.165) is 19.4 Å². The quantitative estimate of drug-likeness (QED) is 0.510. The molecule has 1 saturated heterocycles. The lowest BCUT2D eigenvalue weighted by molar-refractivity contribution is -0.164. The molecule has 0 unspecified atom stereocenters. The Bertz CT molecular complexity index is 411. The molecule has 1 rings (SSSR count). The monoisotopic (exact) mass is 315 g/mol. The largest absolute Gasteiger partial charge is 0.464 e. The molecule has 0 spiro atoms. The molecule has 1 aliphatic rings. The number of hydrogen-bond donors (Lipinski definition) is 0. The van der Waals surface area contributed by atoms with Crippen LogP contribution in [0.5, 0.6) is 0 Å². The molecule has 1 fully saturated rings. The van der Waals surface area contributed by atoms with E-state index < -0.39 is 30.1 Å². The van der Waals surface area contributed by atoms with Crippen molar-refractivity contribution in [3.8, 4) is 0 Å². The lowest BCUT2D eigenvalue weighted by atomic mass is 10.1. The molecular weight excluding hydrogens is 290 g/mol. The van der Waals surface area contributed by atoms with Crippen molar-refractivity contribution in [1.29, 1.82) is 0 Å². The topological polar surface area (TPSA) is 82.1 Å². The first-order chi connectivity index (χ1) is 10.3. The van der Waals surface area contributed by atoms with Gasteiger partial charge in [0, 0.05) is 27.3 Å². The number of unbranched alkanes of at least 4 members (excludes halogenated alkanes) is 1. The van der Waals surface area contributed by atoms with Gasteiger partial charge in [-0.15, -0.1) is 0 Å². The summed E-state index contributed by atoms with van der Waals surface area (Å²) in [6.45, 7) is 7.36. The molecule has 0 bridgehead atoms. The van der Waals surface area contributed by atoms with Crippen molar-refractivity contribution in [2.45, 2.75) is 58.8 Å². The highest BCUT2D eigenvalue weighted by Crippen LogP contribution is 2.25. The molecule has 0 aromatic rings. The Morgan fingerprint density at radius 2 is 1.68 bits per heavy atom. The summed E-state index contributed by atoms with van der Waals surface area (Å²) in [5, 5.41) is 0. The molecule has 0 amide bonds. The van der Waals surface area contributed by atoms with Gasteiger partial charge in [0.15, 0.2) is 12.2 Å². The van der Waals surface area contributed by atoms with Crippen molar-refractivity contribution in [1.82, 2.24) is 4.90 Å². The highest BCUT2D eigenvalue weighted by Gasteiger charge is 2.46. The first-order valence-corrected chi connectivity index (χ1v) is 7.57. The Kier molecular flexibility index (Phi) is 7.31. The zero-order chi connectivity index (χ0) is 16.7. The predicted molar refractivity (Wildman–Crippen MR) is 78.0 cm³/mol. The van der Waals surface area contributed by atoms with Gasteiger partial charge in [0.05, 0.1) is 6.04 Å². The number of hydrogen-bond acceptors (Lipinski definition) is 7. The number of ether oxygens (including phenoxy) is 3. The number of nitrogens with zero attached hydrogens (tertiary/aromatic N) is 1. The molecule has 0 radical (unpaired) electrons. The van der Waals surface area contributed by atoms with Crippen LogP contribution < -0.4 is 0 Å². The van der Waals surface area contributed by atoms with Gasteiger partial charge in [0.25, 0.3) is 0 Å². The van der Waals surface area contributed by atoms with Crippen LogP contribution in [-0.4, -0.2) is 60.8 Å². The van der Waals surface area contributed by atoms with E-state index in [1.165, 1.54) is 20.8 Å². The van der Waals surface area contributed by atoms with Crippen molar-refractivity contribution in [2.75, 3.05) is 19.7 Å². The fraction of sp³-hybridized carbons (Fsp3) is 0.800. The van der Waals surface area contributed by atoms with E-state index in [1.54, 1.807) is 0 Å². The molecule has 0 aromatic heterocycles. The molecule has 0 saturated carbocycles. The fourth-order valence-electron chi connectivity index (χ4n) is 2.61. The van der Waals surface area contributed by atoms with Crippen LogP contribution >= 0.6 is 0 Å². The van der Waals surface area contributed by atoms with Gasteiger partial charge in [0.2, 0.25) is 0 Å². The van der Waals surface area contributed by atoms with Crippen molar-refractivity contribution in [3.63, 3.8) is 0 Å². The Morgan fingerprint density at radius 3 is 2.18 bits per heavy atom. The minimum Gasteiger partial charge on any atom is -0.464 e. The van der Waals surface area contributed by atoms with Crippen LogP contribution in [0.25, 0.3) is 0 Å².